The van der Waals surface area contributed by atoms with Crippen molar-refractivity contribution in [3.05, 3.63) is 42.0 Å². The van der Waals surface area contributed by atoms with Crippen molar-refractivity contribution in [3.63, 3.8) is 0 Å². The summed E-state index contributed by atoms with van der Waals surface area (Å²) in [6, 6.07) is 5.80. The molecule has 0 bridgehead atoms. The smallest absolute Gasteiger partial charge is 0.226 e. The fourth-order valence-corrected chi connectivity index (χ4v) is 1.75. The van der Waals surface area contributed by atoms with Crippen LogP contribution in [0.15, 0.2) is 34.9 Å². The number of benzene rings is 1. The van der Waals surface area contributed by atoms with Crippen molar-refractivity contribution in [2.45, 2.75) is 25.8 Å². The van der Waals surface area contributed by atoms with E-state index in [4.69, 9.17) is 10.2 Å². The van der Waals surface area contributed by atoms with E-state index >= 15 is 0 Å². The van der Waals surface area contributed by atoms with Crippen molar-refractivity contribution >= 4 is 30.7 Å². The number of nitrogens with two attached hydrogens (primary N) is 1. The number of nitrogens with one attached hydrogen (secondary N) is 1. The zero-order valence-corrected chi connectivity index (χ0v) is 14.5. The van der Waals surface area contributed by atoms with Gasteiger partial charge in [0, 0.05) is 17.6 Å². The first-order valence-corrected chi connectivity index (χ1v) is 6.61. The van der Waals surface area contributed by atoms with Crippen LogP contribution >= 0.6 is 24.8 Å². The molecule has 1 heterocycles. The molecule has 0 radical (unpaired) electrons. The molecule has 2 rings (SSSR count). The lowest BCUT2D eigenvalue weighted by molar-refractivity contribution is -0.121. The molecular weight excluding hydrogens is 344 g/mol. The maximum atomic E-state index is 12.9. The van der Waals surface area contributed by atoms with Gasteiger partial charge in [-0.05, 0) is 38.1 Å². The van der Waals surface area contributed by atoms with E-state index in [-0.39, 0.29) is 43.0 Å². The highest BCUT2D eigenvalue weighted by Gasteiger charge is 2.19. The van der Waals surface area contributed by atoms with Crippen LogP contribution in [0.1, 0.15) is 19.5 Å². The molecule has 0 saturated heterocycles. The van der Waals surface area contributed by atoms with Crippen LogP contribution in [0.5, 0.6) is 0 Å². The van der Waals surface area contributed by atoms with Crippen LogP contribution in [0.4, 0.5) is 4.39 Å². The molecule has 0 fully saturated rings. The van der Waals surface area contributed by atoms with Crippen molar-refractivity contribution in [3.8, 4) is 11.5 Å². The summed E-state index contributed by atoms with van der Waals surface area (Å²) in [4.78, 5) is 16.1. The van der Waals surface area contributed by atoms with Gasteiger partial charge in [0.1, 0.15) is 12.1 Å². The van der Waals surface area contributed by atoms with Crippen molar-refractivity contribution in [1.29, 1.82) is 0 Å². The summed E-state index contributed by atoms with van der Waals surface area (Å²) in [6.07, 6.45) is 1.53. The lowest BCUT2D eigenvalue weighted by Gasteiger charge is -2.23. The largest absolute Gasteiger partial charge is 0.444 e. The minimum atomic E-state index is -0.458. The maximum Gasteiger partial charge on any atom is 0.226 e. The number of carbonyl (C=O) groups excluding carboxylic acids is 1. The van der Waals surface area contributed by atoms with E-state index in [0.29, 0.717) is 23.7 Å². The van der Waals surface area contributed by atoms with Crippen molar-refractivity contribution < 1.29 is 13.6 Å². The van der Waals surface area contributed by atoms with Gasteiger partial charge >= 0.3 is 0 Å². The first-order valence-electron chi connectivity index (χ1n) is 6.61. The molecule has 23 heavy (non-hydrogen) atoms. The van der Waals surface area contributed by atoms with Crippen LogP contribution in [-0.2, 0) is 11.2 Å². The van der Waals surface area contributed by atoms with Gasteiger partial charge in [0.2, 0.25) is 11.8 Å². The maximum absolute atomic E-state index is 12.9. The molecule has 1 amide bonds. The van der Waals surface area contributed by atoms with E-state index in [2.05, 4.69) is 10.3 Å². The van der Waals surface area contributed by atoms with Gasteiger partial charge in [0.25, 0.3) is 0 Å². The standard InChI is InChI=1S/C15H18FN3O2.2ClH/c1-15(2,9-17)19-13(20)7-12-8-21-14(18-12)10-3-5-11(16)6-4-10;;/h3-6,8H,7,9,17H2,1-2H3,(H,19,20);2*1H. The van der Waals surface area contributed by atoms with Gasteiger partial charge in [-0.1, -0.05) is 0 Å². The third-order valence-electron chi connectivity index (χ3n) is 2.97. The molecule has 2 aromatic rings. The van der Waals surface area contributed by atoms with Crippen LogP contribution < -0.4 is 11.1 Å². The Balaban J connectivity index is 0.00000242. The lowest BCUT2D eigenvalue weighted by Crippen LogP contribution is -2.49. The molecule has 1 aromatic heterocycles. The summed E-state index contributed by atoms with van der Waals surface area (Å²) in [6.45, 7) is 4.04. The highest BCUT2D eigenvalue weighted by atomic mass is 35.5. The SMILES string of the molecule is CC(C)(CN)NC(=O)Cc1coc(-c2ccc(F)cc2)n1.Cl.Cl. The predicted octanol–water partition coefficient (Wildman–Crippen LogP) is 2.72. The van der Waals surface area contributed by atoms with E-state index < -0.39 is 5.54 Å². The van der Waals surface area contributed by atoms with Crippen LogP contribution in [0, 0.1) is 5.82 Å². The number of amides is 1. The van der Waals surface area contributed by atoms with E-state index in [1.807, 2.05) is 13.8 Å². The molecule has 1 aromatic carbocycles. The molecule has 3 N–H and O–H groups in total. The summed E-state index contributed by atoms with van der Waals surface area (Å²) in [5, 5.41) is 2.82. The number of nitrogens with zero attached hydrogens (tertiary/aromatic N) is 1. The minimum absolute atomic E-state index is 0. The first kappa shape index (κ1) is 21.4. The van der Waals surface area contributed by atoms with Gasteiger partial charge in [-0.25, -0.2) is 9.37 Å². The van der Waals surface area contributed by atoms with Crippen molar-refractivity contribution in [2.24, 2.45) is 5.73 Å². The Morgan fingerprint density at radius 1 is 1.30 bits per heavy atom. The van der Waals surface area contributed by atoms with Gasteiger partial charge in [0.05, 0.1) is 12.1 Å². The number of hydrogen-bond acceptors (Lipinski definition) is 4. The summed E-state index contributed by atoms with van der Waals surface area (Å²) in [5.41, 5.74) is 6.27. The number of aromatic nitrogens is 1. The molecule has 0 aliphatic rings. The summed E-state index contributed by atoms with van der Waals surface area (Å²) in [7, 11) is 0. The normalized spacial score (nSPS) is 10.4. The zero-order chi connectivity index (χ0) is 15.5. The molecule has 0 unspecified atom stereocenters. The molecule has 0 spiro atoms. The minimum Gasteiger partial charge on any atom is -0.444 e. The molecule has 128 valence electrons. The lowest BCUT2D eigenvalue weighted by atomic mass is 10.1. The highest BCUT2D eigenvalue weighted by Crippen LogP contribution is 2.19. The molecule has 0 aliphatic carbocycles. The van der Waals surface area contributed by atoms with E-state index in [0.717, 1.165) is 0 Å². The molecule has 8 heteroatoms. The van der Waals surface area contributed by atoms with Crippen LogP contribution in [0.3, 0.4) is 0 Å². The zero-order valence-electron chi connectivity index (χ0n) is 12.8. The third kappa shape index (κ3) is 6.17. The second-order valence-corrected chi connectivity index (χ2v) is 5.46. The van der Waals surface area contributed by atoms with Crippen LogP contribution in [0.25, 0.3) is 11.5 Å². The van der Waals surface area contributed by atoms with Gasteiger partial charge in [-0.3, -0.25) is 4.79 Å². The summed E-state index contributed by atoms with van der Waals surface area (Å²) >= 11 is 0. The predicted molar refractivity (Wildman–Crippen MR) is 91.4 cm³/mol. The number of carbonyl (C=O) groups is 1. The summed E-state index contributed by atoms with van der Waals surface area (Å²) < 4.78 is 18.2. The molecular formula is C15H20Cl2FN3O2. The Labute approximate surface area is 146 Å². The average molecular weight is 364 g/mol. The van der Waals surface area contributed by atoms with Crippen LogP contribution in [0.2, 0.25) is 0 Å². The molecule has 5 nitrogen and oxygen atoms in total. The number of halogens is 3. The molecule has 0 saturated carbocycles. The quantitative estimate of drug-likeness (QED) is 0.855. The summed E-state index contributed by atoms with van der Waals surface area (Å²) in [5.74, 6) is -0.144. The average Bonchev–Trinajstić information content (AvgIpc) is 2.87. The fraction of sp³-hybridized carbons (Fsp3) is 0.333. The molecule has 0 aliphatic heterocycles. The second kappa shape index (κ2) is 8.86. The van der Waals surface area contributed by atoms with E-state index in [9.17, 15) is 9.18 Å². The van der Waals surface area contributed by atoms with Gasteiger partial charge in [0.15, 0.2) is 0 Å². The van der Waals surface area contributed by atoms with Gasteiger partial charge in [-0.15, -0.1) is 24.8 Å². The second-order valence-electron chi connectivity index (χ2n) is 5.46. The Morgan fingerprint density at radius 3 is 2.48 bits per heavy atom. The Bertz CT molecular complexity index is 630. The third-order valence-corrected chi connectivity index (χ3v) is 2.97. The fourth-order valence-electron chi connectivity index (χ4n) is 1.75. The number of hydrogen-bond donors (Lipinski definition) is 2. The number of oxazole rings is 1. The van der Waals surface area contributed by atoms with Gasteiger partial charge in [-0.2, -0.15) is 0 Å². The Kier molecular flexibility index (Phi) is 8.23. The number of rotatable bonds is 5. The topological polar surface area (TPSA) is 81.1 Å². The van der Waals surface area contributed by atoms with E-state index in [1.165, 1.54) is 18.4 Å². The highest BCUT2D eigenvalue weighted by molar-refractivity contribution is 5.85. The first-order chi connectivity index (χ1) is 9.89. The van der Waals surface area contributed by atoms with Crippen LogP contribution in [-0.4, -0.2) is 23.0 Å². The monoisotopic (exact) mass is 363 g/mol. The van der Waals surface area contributed by atoms with E-state index in [1.54, 1.807) is 12.1 Å². The van der Waals surface area contributed by atoms with Crippen molar-refractivity contribution in [1.82, 2.24) is 10.3 Å². The Morgan fingerprint density at radius 2 is 1.91 bits per heavy atom. The van der Waals surface area contributed by atoms with Gasteiger partial charge < -0.3 is 15.5 Å². The molecule has 0 atom stereocenters. The van der Waals surface area contributed by atoms with Crippen molar-refractivity contribution in [2.75, 3.05) is 6.54 Å². The Hall–Kier alpha value is -1.63.